The molecule has 2 N–H and O–H groups in total. The lowest BCUT2D eigenvalue weighted by atomic mass is 9.99. The molecule has 0 aromatic heterocycles. The summed E-state index contributed by atoms with van der Waals surface area (Å²) in [5.41, 5.74) is 9.11. The molecule has 0 saturated heterocycles. The van der Waals surface area contributed by atoms with E-state index in [4.69, 9.17) is 10.5 Å². The highest BCUT2D eigenvalue weighted by atomic mass is 16.5. The molecule has 1 aromatic carbocycles. The van der Waals surface area contributed by atoms with Crippen LogP contribution in [0.4, 0.5) is 5.69 Å². The van der Waals surface area contributed by atoms with Crippen molar-refractivity contribution in [1.29, 1.82) is 0 Å². The second-order valence-corrected chi connectivity index (χ2v) is 5.12. The molecule has 1 aromatic rings. The van der Waals surface area contributed by atoms with Crippen molar-refractivity contribution in [2.24, 2.45) is 0 Å². The Morgan fingerprint density at radius 1 is 1.24 bits per heavy atom. The first-order valence-electron chi connectivity index (χ1n) is 6.52. The van der Waals surface area contributed by atoms with E-state index in [-0.39, 0.29) is 6.10 Å². The van der Waals surface area contributed by atoms with Gasteiger partial charge < -0.3 is 10.5 Å². The molecule has 0 aliphatic rings. The van der Waals surface area contributed by atoms with Gasteiger partial charge in [-0.15, -0.1) is 0 Å². The highest BCUT2D eigenvalue weighted by molar-refractivity contribution is 5.55. The topological polar surface area (TPSA) is 35.2 Å². The third-order valence-corrected chi connectivity index (χ3v) is 3.04. The molecule has 1 unspecified atom stereocenters. The van der Waals surface area contributed by atoms with Crippen molar-refractivity contribution >= 4 is 5.69 Å². The average Bonchev–Trinajstić information content (AvgIpc) is 2.23. The van der Waals surface area contributed by atoms with Crippen LogP contribution in [0.1, 0.15) is 57.6 Å². The minimum absolute atomic E-state index is 0.264. The number of hydrogen-bond donors (Lipinski definition) is 1. The molecular weight excluding hydrogens is 210 g/mol. The lowest BCUT2D eigenvalue weighted by Crippen LogP contribution is -2.13. The summed E-state index contributed by atoms with van der Waals surface area (Å²) in [6, 6.07) is 4.12. The molecule has 0 bridgehead atoms. The van der Waals surface area contributed by atoms with E-state index in [1.165, 1.54) is 5.56 Å². The molecule has 0 amide bonds. The van der Waals surface area contributed by atoms with Crippen LogP contribution in [0, 0.1) is 6.92 Å². The summed E-state index contributed by atoms with van der Waals surface area (Å²) in [6.45, 7) is 10.7. The maximum absolute atomic E-state index is 6.03. The summed E-state index contributed by atoms with van der Waals surface area (Å²) in [5.74, 6) is 1.43. The number of rotatable bonds is 5. The Kier molecular flexibility index (Phi) is 4.86. The fraction of sp³-hybridized carbons (Fsp3) is 0.600. The first kappa shape index (κ1) is 13.9. The predicted molar refractivity (Wildman–Crippen MR) is 74.7 cm³/mol. The summed E-state index contributed by atoms with van der Waals surface area (Å²) in [6.07, 6.45) is 2.49. The average molecular weight is 235 g/mol. The monoisotopic (exact) mass is 235 g/mol. The number of hydrogen-bond acceptors (Lipinski definition) is 2. The number of benzene rings is 1. The van der Waals surface area contributed by atoms with Crippen molar-refractivity contribution in [3.8, 4) is 5.75 Å². The molecule has 2 nitrogen and oxygen atoms in total. The maximum Gasteiger partial charge on any atom is 0.123 e. The van der Waals surface area contributed by atoms with Crippen LogP contribution in [-0.4, -0.2) is 6.10 Å². The molecular formula is C15H25NO. The molecule has 0 spiro atoms. The fourth-order valence-electron chi connectivity index (χ4n) is 1.95. The summed E-state index contributed by atoms with van der Waals surface area (Å²) in [5, 5.41) is 0. The van der Waals surface area contributed by atoms with Gasteiger partial charge in [0.25, 0.3) is 0 Å². The summed E-state index contributed by atoms with van der Waals surface area (Å²) in [7, 11) is 0. The Morgan fingerprint density at radius 2 is 1.88 bits per heavy atom. The Morgan fingerprint density at radius 3 is 2.41 bits per heavy atom. The van der Waals surface area contributed by atoms with Gasteiger partial charge in [-0.05, 0) is 49.4 Å². The van der Waals surface area contributed by atoms with E-state index < -0.39 is 0 Å². The van der Waals surface area contributed by atoms with Crippen molar-refractivity contribution < 1.29 is 4.74 Å². The van der Waals surface area contributed by atoms with Gasteiger partial charge in [0.2, 0.25) is 0 Å². The third-order valence-electron chi connectivity index (χ3n) is 3.04. The van der Waals surface area contributed by atoms with E-state index in [2.05, 4.69) is 33.8 Å². The zero-order valence-electron chi connectivity index (χ0n) is 11.7. The Bertz CT molecular complexity index is 371. The van der Waals surface area contributed by atoms with Gasteiger partial charge in [-0.25, -0.2) is 0 Å². The van der Waals surface area contributed by atoms with E-state index in [0.29, 0.717) is 5.92 Å². The first-order chi connectivity index (χ1) is 7.95. The number of nitrogen functional groups attached to an aromatic ring is 1. The SMILES string of the molecule is CCCC(C)Oc1cc(C)c(N)cc1C(C)C. The normalized spacial score (nSPS) is 12.8. The van der Waals surface area contributed by atoms with Gasteiger partial charge in [-0.1, -0.05) is 27.2 Å². The number of nitrogens with two attached hydrogens (primary N) is 1. The standard InChI is InChI=1S/C15H25NO/c1-6-7-12(5)17-15-8-11(4)14(16)9-13(15)10(2)3/h8-10,12H,6-7,16H2,1-5H3. The molecule has 0 radical (unpaired) electrons. The van der Waals surface area contributed by atoms with Crippen molar-refractivity contribution in [2.45, 2.75) is 59.5 Å². The lowest BCUT2D eigenvalue weighted by Gasteiger charge is -2.20. The number of aryl methyl sites for hydroxylation is 1. The van der Waals surface area contributed by atoms with Crippen molar-refractivity contribution in [3.05, 3.63) is 23.3 Å². The van der Waals surface area contributed by atoms with Gasteiger partial charge in [-0.3, -0.25) is 0 Å². The third kappa shape index (κ3) is 3.65. The van der Waals surface area contributed by atoms with Gasteiger partial charge >= 0.3 is 0 Å². The zero-order valence-corrected chi connectivity index (χ0v) is 11.7. The predicted octanol–water partition coefficient (Wildman–Crippen LogP) is 4.27. The van der Waals surface area contributed by atoms with Crippen LogP contribution in [0.5, 0.6) is 5.75 Å². The van der Waals surface area contributed by atoms with Crippen LogP contribution in [0.25, 0.3) is 0 Å². The van der Waals surface area contributed by atoms with Gasteiger partial charge in [-0.2, -0.15) is 0 Å². The first-order valence-corrected chi connectivity index (χ1v) is 6.52. The highest BCUT2D eigenvalue weighted by Gasteiger charge is 2.12. The molecule has 1 atom stereocenters. The van der Waals surface area contributed by atoms with E-state index in [1.807, 2.05) is 13.0 Å². The smallest absolute Gasteiger partial charge is 0.123 e. The van der Waals surface area contributed by atoms with E-state index in [0.717, 1.165) is 29.8 Å². The highest BCUT2D eigenvalue weighted by Crippen LogP contribution is 2.31. The Labute approximate surface area is 105 Å². The lowest BCUT2D eigenvalue weighted by molar-refractivity contribution is 0.207. The zero-order chi connectivity index (χ0) is 13.0. The van der Waals surface area contributed by atoms with Crippen LogP contribution < -0.4 is 10.5 Å². The molecule has 17 heavy (non-hydrogen) atoms. The van der Waals surface area contributed by atoms with Crippen molar-refractivity contribution in [1.82, 2.24) is 0 Å². The Hall–Kier alpha value is -1.18. The number of ether oxygens (including phenoxy) is 1. The number of anilines is 1. The Balaban J connectivity index is 3.00. The molecule has 96 valence electrons. The summed E-state index contributed by atoms with van der Waals surface area (Å²) >= 11 is 0. The van der Waals surface area contributed by atoms with Gasteiger partial charge in [0.05, 0.1) is 6.10 Å². The maximum atomic E-state index is 6.03. The van der Waals surface area contributed by atoms with Crippen LogP contribution in [0.3, 0.4) is 0 Å². The van der Waals surface area contributed by atoms with Crippen molar-refractivity contribution in [2.75, 3.05) is 5.73 Å². The molecule has 2 heteroatoms. The molecule has 0 aliphatic carbocycles. The minimum atomic E-state index is 0.264. The van der Waals surface area contributed by atoms with Gasteiger partial charge in [0, 0.05) is 5.69 Å². The summed E-state index contributed by atoms with van der Waals surface area (Å²) < 4.78 is 6.03. The van der Waals surface area contributed by atoms with Gasteiger partial charge in [0.15, 0.2) is 0 Å². The minimum Gasteiger partial charge on any atom is -0.490 e. The molecule has 0 heterocycles. The van der Waals surface area contributed by atoms with E-state index in [1.54, 1.807) is 0 Å². The molecule has 0 saturated carbocycles. The quantitative estimate of drug-likeness (QED) is 0.774. The fourth-order valence-corrected chi connectivity index (χ4v) is 1.95. The second kappa shape index (κ2) is 5.95. The van der Waals surface area contributed by atoms with Crippen molar-refractivity contribution in [3.63, 3.8) is 0 Å². The van der Waals surface area contributed by atoms with E-state index >= 15 is 0 Å². The largest absolute Gasteiger partial charge is 0.490 e. The van der Waals surface area contributed by atoms with Crippen LogP contribution in [-0.2, 0) is 0 Å². The van der Waals surface area contributed by atoms with Crippen LogP contribution in [0.15, 0.2) is 12.1 Å². The van der Waals surface area contributed by atoms with Gasteiger partial charge in [0.1, 0.15) is 5.75 Å². The van der Waals surface area contributed by atoms with Crippen LogP contribution in [0.2, 0.25) is 0 Å². The summed E-state index contributed by atoms with van der Waals surface area (Å²) in [4.78, 5) is 0. The second-order valence-electron chi connectivity index (χ2n) is 5.12. The molecule has 1 rings (SSSR count). The molecule has 0 fully saturated rings. The molecule has 0 aliphatic heterocycles. The van der Waals surface area contributed by atoms with E-state index in [9.17, 15) is 0 Å². The van der Waals surface area contributed by atoms with Crippen LogP contribution >= 0.6 is 0 Å².